The lowest BCUT2D eigenvalue weighted by Crippen LogP contribution is -1.99. The highest BCUT2D eigenvalue weighted by atomic mass is 32.2. The Morgan fingerprint density at radius 1 is 1.17 bits per heavy atom. The number of ether oxygens (including phenoxy) is 3. The molecule has 0 amide bonds. The van der Waals surface area contributed by atoms with Crippen LogP contribution in [0.15, 0.2) is 47.4 Å². The van der Waals surface area contributed by atoms with Crippen molar-refractivity contribution in [2.75, 3.05) is 20.2 Å². The Labute approximate surface area is 139 Å². The summed E-state index contributed by atoms with van der Waals surface area (Å²) in [5.74, 6) is 2.52. The van der Waals surface area contributed by atoms with Crippen LogP contribution in [-0.4, -0.2) is 25.9 Å². The number of rotatable bonds is 5. The monoisotopic (exact) mass is 328 g/mol. The standard InChI is InChI=1S/C18H16O4S/c1-20-13-6-3-12(4-7-13)5-8-15(19)14-9-17-18(23-11-22-17)10-16(14)21-2/h3-10H,11H2,1-2H3/b8-5+. The number of benzene rings is 2. The summed E-state index contributed by atoms with van der Waals surface area (Å²) in [7, 11) is 3.18. The van der Waals surface area contributed by atoms with Crippen LogP contribution >= 0.6 is 11.8 Å². The van der Waals surface area contributed by atoms with Crippen LogP contribution in [0.3, 0.4) is 0 Å². The maximum Gasteiger partial charge on any atom is 0.189 e. The van der Waals surface area contributed by atoms with Crippen molar-refractivity contribution in [3.8, 4) is 17.2 Å². The van der Waals surface area contributed by atoms with Gasteiger partial charge < -0.3 is 14.2 Å². The molecule has 0 radical (unpaired) electrons. The number of thioether (sulfide) groups is 1. The molecule has 0 N–H and O–H groups in total. The van der Waals surface area contributed by atoms with Gasteiger partial charge in [-0.2, -0.15) is 0 Å². The number of hydrogen-bond donors (Lipinski definition) is 0. The van der Waals surface area contributed by atoms with E-state index in [1.807, 2.05) is 30.3 Å². The Morgan fingerprint density at radius 3 is 2.65 bits per heavy atom. The van der Waals surface area contributed by atoms with Gasteiger partial charge in [-0.15, -0.1) is 0 Å². The third kappa shape index (κ3) is 3.35. The van der Waals surface area contributed by atoms with Gasteiger partial charge in [0.1, 0.15) is 23.2 Å². The Bertz CT molecular complexity index is 750. The molecule has 4 nitrogen and oxygen atoms in total. The molecule has 5 heteroatoms. The molecule has 23 heavy (non-hydrogen) atoms. The Kier molecular flexibility index (Phi) is 4.57. The fraction of sp³-hybridized carbons (Fsp3) is 0.167. The highest BCUT2D eigenvalue weighted by Gasteiger charge is 2.19. The number of fused-ring (bicyclic) bond motifs is 1. The van der Waals surface area contributed by atoms with Gasteiger partial charge in [0.25, 0.3) is 0 Å². The van der Waals surface area contributed by atoms with E-state index in [4.69, 9.17) is 14.2 Å². The molecule has 118 valence electrons. The second kappa shape index (κ2) is 6.79. The molecule has 2 aromatic rings. The number of ketones is 1. The molecule has 0 bridgehead atoms. The molecule has 0 saturated carbocycles. The minimum atomic E-state index is -0.124. The Hall–Kier alpha value is -2.40. The van der Waals surface area contributed by atoms with E-state index >= 15 is 0 Å². The highest BCUT2D eigenvalue weighted by molar-refractivity contribution is 7.99. The first-order valence-electron chi connectivity index (χ1n) is 7.05. The number of hydrogen-bond acceptors (Lipinski definition) is 5. The van der Waals surface area contributed by atoms with Gasteiger partial charge >= 0.3 is 0 Å². The van der Waals surface area contributed by atoms with Crippen molar-refractivity contribution >= 4 is 23.6 Å². The third-order valence-corrected chi connectivity index (χ3v) is 4.37. The van der Waals surface area contributed by atoms with Gasteiger partial charge in [0.05, 0.1) is 24.7 Å². The lowest BCUT2D eigenvalue weighted by atomic mass is 10.1. The highest BCUT2D eigenvalue weighted by Crippen LogP contribution is 2.40. The summed E-state index contributed by atoms with van der Waals surface area (Å²) in [5, 5.41) is 0. The molecule has 1 aliphatic rings. The zero-order chi connectivity index (χ0) is 16.2. The van der Waals surface area contributed by atoms with E-state index in [0.717, 1.165) is 22.0 Å². The van der Waals surface area contributed by atoms with E-state index in [1.54, 1.807) is 38.1 Å². The molecule has 0 aromatic heterocycles. The van der Waals surface area contributed by atoms with E-state index in [-0.39, 0.29) is 5.78 Å². The molecule has 0 spiro atoms. The minimum Gasteiger partial charge on any atom is -0.497 e. The fourth-order valence-corrected chi connectivity index (χ4v) is 3.02. The smallest absolute Gasteiger partial charge is 0.189 e. The summed E-state index contributed by atoms with van der Waals surface area (Å²) in [4.78, 5) is 13.5. The fourth-order valence-electron chi connectivity index (χ4n) is 2.26. The van der Waals surface area contributed by atoms with Crippen LogP contribution in [-0.2, 0) is 0 Å². The molecule has 0 atom stereocenters. The number of carbonyl (C=O) groups excluding carboxylic acids is 1. The second-order valence-electron chi connectivity index (χ2n) is 4.88. The van der Waals surface area contributed by atoms with Crippen molar-refractivity contribution in [1.82, 2.24) is 0 Å². The van der Waals surface area contributed by atoms with Crippen molar-refractivity contribution in [3.05, 3.63) is 53.6 Å². The molecular formula is C18H16O4S. The number of methoxy groups -OCH3 is 2. The lowest BCUT2D eigenvalue weighted by Gasteiger charge is -2.08. The van der Waals surface area contributed by atoms with Crippen LogP contribution in [0.2, 0.25) is 0 Å². The van der Waals surface area contributed by atoms with Gasteiger partial charge in [-0.25, -0.2) is 0 Å². The normalized spacial score (nSPS) is 12.8. The van der Waals surface area contributed by atoms with Crippen LogP contribution in [0.1, 0.15) is 15.9 Å². The largest absolute Gasteiger partial charge is 0.497 e. The molecule has 1 aliphatic heterocycles. The maximum absolute atomic E-state index is 12.5. The predicted molar refractivity (Wildman–Crippen MR) is 90.7 cm³/mol. The molecule has 0 saturated heterocycles. The first-order valence-corrected chi connectivity index (χ1v) is 8.04. The molecule has 2 aromatic carbocycles. The van der Waals surface area contributed by atoms with Crippen molar-refractivity contribution in [2.24, 2.45) is 0 Å². The van der Waals surface area contributed by atoms with Crippen LogP contribution in [0.25, 0.3) is 6.08 Å². The zero-order valence-corrected chi connectivity index (χ0v) is 13.7. The lowest BCUT2D eigenvalue weighted by molar-refractivity contribution is 0.104. The predicted octanol–water partition coefficient (Wildman–Crippen LogP) is 4.04. The van der Waals surface area contributed by atoms with Crippen LogP contribution in [0, 0.1) is 0 Å². The first kappa shape index (κ1) is 15.5. The molecular weight excluding hydrogens is 312 g/mol. The summed E-state index contributed by atoms with van der Waals surface area (Å²) in [5.41, 5.74) is 1.42. The van der Waals surface area contributed by atoms with Crippen molar-refractivity contribution < 1.29 is 19.0 Å². The molecule has 0 fully saturated rings. The van der Waals surface area contributed by atoms with Crippen molar-refractivity contribution in [3.63, 3.8) is 0 Å². The molecule has 0 aliphatic carbocycles. The quantitative estimate of drug-likeness (QED) is 0.612. The van der Waals surface area contributed by atoms with E-state index in [0.29, 0.717) is 17.3 Å². The SMILES string of the molecule is COc1ccc(/C=C/C(=O)c2cc3c(cc2OC)SCO3)cc1. The molecule has 3 rings (SSSR count). The van der Waals surface area contributed by atoms with Gasteiger partial charge in [0.15, 0.2) is 5.78 Å². The summed E-state index contributed by atoms with van der Waals surface area (Å²) < 4.78 is 15.9. The molecule has 1 heterocycles. The van der Waals surface area contributed by atoms with E-state index < -0.39 is 0 Å². The Balaban J connectivity index is 1.83. The minimum absolute atomic E-state index is 0.124. The first-order chi connectivity index (χ1) is 11.2. The summed E-state index contributed by atoms with van der Waals surface area (Å²) in [6.45, 7) is 0. The van der Waals surface area contributed by atoms with Crippen LogP contribution in [0.5, 0.6) is 17.2 Å². The van der Waals surface area contributed by atoms with Crippen LogP contribution in [0.4, 0.5) is 0 Å². The number of carbonyl (C=O) groups is 1. The van der Waals surface area contributed by atoms with Gasteiger partial charge in [0.2, 0.25) is 0 Å². The summed E-state index contributed by atoms with van der Waals surface area (Å²) in [6.07, 6.45) is 3.30. The van der Waals surface area contributed by atoms with Gasteiger partial charge in [-0.05, 0) is 35.9 Å². The van der Waals surface area contributed by atoms with E-state index in [1.165, 1.54) is 6.08 Å². The third-order valence-electron chi connectivity index (χ3n) is 3.50. The van der Waals surface area contributed by atoms with Crippen molar-refractivity contribution in [2.45, 2.75) is 4.90 Å². The van der Waals surface area contributed by atoms with Crippen molar-refractivity contribution in [1.29, 1.82) is 0 Å². The van der Waals surface area contributed by atoms with Gasteiger partial charge in [0, 0.05) is 0 Å². The Morgan fingerprint density at radius 2 is 1.96 bits per heavy atom. The summed E-state index contributed by atoms with van der Waals surface area (Å²) >= 11 is 1.59. The van der Waals surface area contributed by atoms with E-state index in [9.17, 15) is 4.79 Å². The van der Waals surface area contributed by atoms with Gasteiger partial charge in [-0.3, -0.25) is 4.79 Å². The van der Waals surface area contributed by atoms with Crippen LogP contribution < -0.4 is 14.2 Å². The molecule has 0 unspecified atom stereocenters. The average Bonchev–Trinajstić information content (AvgIpc) is 3.06. The topological polar surface area (TPSA) is 44.8 Å². The average molecular weight is 328 g/mol. The second-order valence-corrected chi connectivity index (χ2v) is 5.84. The van der Waals surface area contributed by atoms with E-state index in [2.05, 4.69) is 0 Å². The number of allylic oxidation sites excluding steroid dienone is 1. The van der Waals surface area contributed by atoms with Gasteiger partial charge in [-0.1, -0.05) is 30.0 Å². The summed E-state index contributed by atoms with van der Waals surface area (Å²) in [6, 6.07) is 11.1. The zero-order valence-electron chi connectivity index (χ0n) is 12.9. The maximum atomic E-state index is 12.5.